The lowest BCUT2D eigenvalue weighted by Gasteiger charge is -2.22. The topological polar surface area (TPSA) is 41.1 Å². The Labute approximate surface area is 136 Å². The molecule has 2 aromatic carbocycles. The van der Waals surface area contributed by atoms with Crippen LogP contribution in [0.4, 0.5) is 23.2 Å². The minimum atomic E-state index is -4.55. The number of benzene rings is 2. The number of hydrogen-bond donors (Lipinski definition) is 2. The molecule has 2 rings (SSSR count). The Morgan fingerprint density at radius 3 is 2.42 bits per heavy atom. The first-order chi connectivity index (χ1) is 11.3. The Morgan fingerprint density at radius 1 is 1.12 bits per heavy atom. The molecule has 0 spiro atoms. The summed E-state index contributed by atoms with van der Waals surface area (Å²) in [5.41, 5.74) is 0.852. The zero-order valence-corrected chi connectivity index (χ0v) is 12.8. The van der Waals surface area contributed by atoms with Crippen LogP contribution in [0.5, 0.6) is 0 Å². The first-order valence-corrected chi connectivity index (χ1v) is 7.18. The Morgan fingerprint density at radius 2 is 1.79 bits per heavy atom. The molecule has 0 aliphatic carbocycles. The summed E-state index contributed by atoms with van der Waals surface area (Å²) in [6.45, 7) is 1.10. The summed E-state index contributed by atoms with van der Waals surface area (Å²) in [7, 11) is 0. The van der Waals surface area contributed by atoms with E-state index in [1.807, 2.05) is 0 Å². The maximum Gasteiger partial charge on any atom is 0.407 e. The molecule has 0 aliphatic rings. The van der Waals surface area contributed by atoms with Gasteiger partial charge in [0, 0.05) is 5.69 Å². The monoisotopic (exact) mass is 340 g/mol. The van der Waals surface area contributed by atoms with Gasteiger partial charge in [0.15, 0.2) is 0 Å². The fraction of sp³-hybridized carbons (Fsp3) is 0.235. The molecule has 24 heavy (non-hydrogen) atoms. The van der Waals surface area contributed by atoms with Gasteiger partial charge in [0.1, 0.15) is 11.9 Å². The van der Waals surface area contributed by atoms with Crippen molar-refractivity contribution < 1.29 is 22.4 Å². The van der Waals surface area contributed by atoms with E-state index >= 15 is 0 Å². The number of carbonyl (C=O) groups is 1. The average molecular weight is 340 g/mol. The zero-order chi connectivity index (χ0) is 17.7. The van der Waals surface area contributed by atoms with Crippen molar-refractivity contribution in [3.63, 3.8) is 0 Å². The molecule has 1 atom stereocenters. The van der Waals surface area contributed by atoms with Crippen LogP contribution < -0.4 is 10.6 Å². The summed E-state index contributed by atoms with van der Waals surface area (Å²) < 4.78 is 52.6. The van der Waals surface area contributed by atoms with Crippen molar-refractivity contribution in [1.29, 1.82) is 0 Å². The maximum atomic E-state index is 13.2. The van der Waals surface area contributed by atoms with E-state index in [4.69, 9.17) is 0 Å². The Kier molecular flexibility index (Phi) is 5.56. The van der Waals surface area contributed by atoms with E-state index in [1.165, 1.54) is 36.4 Å². The van der Waals surface area contributed by atoms with E-state index in [1.54, 1.807) is 13.0 Å². The smallest absolute Gasteiger partial charge is 0.325 e. The van der Waals surface area contributed by atoms with E-state index in [0.717, 1.165) is 6.07 Å². The molecule has 0 heterocycles. The quantitative estimate of drug-likeness (QED) is 0.809. The van der Waals surface area contributed by atoms with E-state index in [-0.39, 0.29) is 11.3 Å². The van der Waals surface area contributed by atoms with E-state index < -0.39 is 30.5 Å². The molecule has 128 valence electrons. The van der Waals surface area contributed by atoms with Crippen molar-refractivity contribution >= 4 is 11.6 Å². The highest BCUT2D eigenvalue weighted by Gasteiger charge is 2.40. The third-order valence-corrected chi connectivity index (χ3v) is 3.40. The minimum absolute atomic E-state index is 0.0136. The van der Waals surface area contributed by atoms with Crippen LogP contribution in [0.1, 0.15) is 17.2 Å². The van der Waals surface area contributed by atoms with Crippen LogP contribution in [-0.4, -0.2) is 18.6 Å². The molecule has 0 saturated carbocycles. The summed E-state index contributed by atoms with van der Waals surface area (Å²) in [4.78, 5) is 11.9. The van der Waals surface area contributed by atoms with Gasteiger partial charge in [-0.25, -0.2) is 4.39 Å². The van der Waals surface area contributed by atoms with Gasteiger partial charge >= 0.3 is 6.18 Å². The molecule has 0 radical (unpaired) electrons. The molecule has 0 saturated heterocycles. The molecule has 2 N–H and O–H groups in total. The molecule has 0 fully saturated rings. The van der Waals surface area contributed by atoms with Crippen LogP contribution in [0, 0.1) is 12.7 Å². The number of rotatable bonds is 5. The highest BCUT2D eigenvalue weighted by atomic mass is 19.4. The van der Waals surface area contributed by atoms with Gasteiger partial charge in [0.05, 0.1) is 6.54 Å². The van der Waals surface area contributed by atoms with Gasteiger partial charge in [-0.05, 0) is 30.2 Å². The van der Waals surface area contributed by atoms with Crippen LogP contribution in [0.2, 0.25) is 0 Å². The second-order valence-corrected chi connectivity index (χ2v) is 5.27. The number of halogens is 4. The van der Waals surface area contributed by atoms with Gasteiger partial charge in [-0.3, -0.25) is 10.1 Å². The molecule has 0 aromatic heterocycles. The van der Waals surface area contributed by atoms with Gasteiger partial charge < -0.3 is 5.32 Å². The van der Waals surface area contributed by atoms with Crippen molar-refractivity contribution in [2.45, 2.75) is 19.1 Å². The molecular weight excluding hydrogens is 324 g/mol. The van der Waals surface area contributed by atoms with Crippen molar-refractivity contribution in [2.24, 2.45) is 0 Å². The highest BCUT2D eigenvalue weighted by Crippen LogP contribution is 2.32. The van der Waals surface area contributed by atoms with Crippen LogP contribution >= 0.6 is 0 Å². The molecule has 2 aromatic rings. The third kappa shape index (κ3) is 4.79. The lowest BCUT2D eigenvalue weighted by molar-refractivity contribution is -0.158. The lowest BCUT2D eigenvalue weighted by atomic mass is 10.1. The lowest BCUT2D eigenvalue weighted by Crippen LogP contribution is -2.38. The van der Waals surface area contributed by atoms with Crippen LogP contribution in [0.15, 0.2) is 48.5 Å². The zero-order valence-electron chi connectivity index (χ0n) is 12.8. The fourth-order valence-electron chi connectivity index (χ4n) is 2.19. The van der Waals surface area contributed by atoms with Crippen molar-refractivity contribution in [3.8, 4) is 0 Å². The first-order valence-electron chi connectivity index (χ1n) is 7.18. The van der Waals surface area contributed by atoms with Crippen LogP contribution in [0.25, 0.3) is 0 Å². The van der Waals surface area contributed by atoms with Crippen molar-refractivity contribution in [2.75, 3.05) is 11.9 Å². The number of nitrogens with one attached hydrogen (secondary N) is 2. The number of aryl methyl sites for hydroxylation is 1. The van der Waals surface area contributed by atoms with Crippen LogP contribution in [0.3, 0.4) is 0 Å². The summed E-state index contributed by atoms with van der Waals surface area (Å²) in [5.74, 6) is -1.23. The molecular formula is C17H16F4N2O. The number of hydrogen-bond acceptors (Lipinski definition) is 2. The van der Waals surface area contributed by atoms with E-state index in [9.17, 15) is 22.4 Å². The van der Waals surface area contributed by atoms with Gasteiger partial charge in [-0.2, -0.15) is 13.2 Å². The molecule has 0 unspecified atom stereocenters. The second-order valence-electron chi connectivity index (χ2n) is 5.27. The fourth-order valence-corrected chi connectivity index (χ4v) is 2.19. The van der Waals surface area contributed by atoms with Crippen LogP contribution in [-0.2, 0) is 4.79 Å². The predicted octanol–water partition coefficient (Wildman–Crippen LogP) is 3.97. The standard InChI is InChI=1S/C17H16F4N2O/c1-11-7-8-13(18)9-14(11)23-15(24)10-22-16(17(19,20)21)12-5-3-2-4-6-12/h2-9,16,22H,10H2,1H3,(H,23,24)/t16-/m0/s1. The molecule has 0 bridgehead atoms. The number of anilines is 1. The number of alkyl halides is 3. The Bertz CT molecular complexity index is 701. The van der Waals surface area contributed by atoms with E-state index in [0.29, 0.717) is 5.56 Å². The third-order valence-electron chi connectivity index (χ3n) is 3.40. The minimum Gasteiger partial charge on any atom is -0.325 e. The normalized spacial score (nSPS) is 12.7. The predicted molar refractivity (Wildman–Crippen MR) is 83.0 cm³/mol. The van der Waals surface area contributed by atoms with Crippen molar-refractivity contribution in [3.05, 3.63) is 65.5 Å². The largest absolute Gasteiger partial charge is 0.407 e. The first kappa shape index (κ1) is 17.9. The molecule has 3 nitrogen and oxygen atoms in total. The summed E-state index contributed by atoms with van der Waals surface area (Å²) in [5, 5.41) is 4.60. The molecule has 0 aliphatic heterocycles. The summed E-state index contributed by atoms with van der Waals surface area (Å²) in [6, 6.07) is 9.12. The highest BCUT2D eigenvalue weighted by molar-refractivity contribution is 5.93. The SMILES string of the molecule is Cc1ccc(F)cc1NC(=O)CN[C@@H](c1ccccc1)C(F)(F)F. The van der Waals surface area contributed by atoms with E-state index in [2.05, 4.69) is 10.6 Å². The van der Waals surface area contributed by atoms with Gasteiger partial charge in [-0.15, -0.1) is 0 Å². The number of amides is 1. The average Bonchev–Trinajstić information content (AvgIpc) is 2.51. The molecule has 7 heteroatoms. The summed E-state index contributed by atoms with van der Waals surface area (Å²) >= 11 is 0. The number of carbonyl (C=O) groups excluding carboxylic acids is 1. The van der Waals surface area contributed by atoms with Gasteiger partial charge in [0.2, 0.25) is 5.91 Å². The Balaban J connectivity index is 2.04. The maximum absolute atomic E-state index is 13.2. The Hall–Kier alpha value is -2.41. The summed E-state index contributed by atoms with van der Waals surface area (Å²) in [6.07, 6.45) is -4.55. The second kappa shape index (κ2) is 7.44. The van der Waals surface area contributed by atoms with Crippen molar-refractivity contribution in [1.82, 2.24) is 5.32 Å². The van der Waals surface area contributed by atoms with Gasteiger partial charge in [-0.1, -0.05) is 36.4 Å². The van der Waals surface area contributed by atoms with Gasteiger partial charge in [0.25, 0.3) is 0 Å². The molecule has 1 amide bonds.